The fraction of sp³-hybridized carbons (Fsp3) is 0.786. The highest BCUT2D eigenvalue weighted by molar-refractivity contribution is 7.91. The van der Waals surface area contributed by atoms with E-state index in [2.05, 4.69) is 5.10 Å². The number of nitrogens with zero attached hydrogens (tertiary/aromatic N) is 2. The highest BCUT2D eigenvalue weighted by Gasteiger charge is 2.52. The Kier molecular flexibility index (Phi) is 3.70. The normalized spacial score (nSPS) is 31.6. The highest BCUT2D eigenvalue weighted by Crippen LogP contribution is 2.36. The lowest BCUT2D eigenvalue weighted by atomic mass is 9.82. The van der Waals surface area contributed by atoms with E-state index in [0.29, 0.717) is 5.46 Å². The maximum Gasteiger partial charge on any atom is 0.498 e. The molecule has 9 heteroatoms. The lowest BCUT2D eigenvalue weighted by Gasteiger charge is -2.32. The van der Waals surface area contributed by atoms with Crippen molar-refractivity contribution in [2.24, 2.45) is 0 Å². The summed E-state index contributed by atoms with van der Waals surface area (Å²) in [5.74, 6) is -0.541. The molecule has 0 spiro atoms. The molecule has 0 saturated carbocycles. The molecule has 0 bridgehead atoms. The van der Waals surface area contributed by atoms with Crippen LogP contribution >= 0.6 is 0 Å². The van der Waals surface area contributed by atoms with Gasteiger partial charge in [-0.1, -0.05) is 0 Å². The van der Waals surface area contributed by atoms with Crippen molar-refractivity contribution < 1.29 is 22.1 Å². The Morgan fingerprint density at radius 3 is 2.43 bits per heavy atom. The lowest BCUT2D eigenvalue weighted by molar-refractivity contribution is 0.00578. The van der Waals surface area contributed by atoms with Crippen molar-refractivity contribution in [3.8, 4) is 0 Å². The summed E-state index contributed by atoms with van der Waals surface area (Å²) >= 11 is 0. The topological polar surface area (TPSA) is 70.4 Å². The van der Waals surface area contributed by atoms with E-state index in [1.807, 2.05) is 27.7 Å². The molecular formula is C14H22BFN2O4S. The fourth-order valence-electron chi connectivity index (χ4n) is 2.86. The fourth-order valence-corrected chi connectivity index (χ4v) is 4.70. The quantitative estimate of drug-likeness (QED) is 0.756. The number of hydrogen-bond donors (Lipinski definition) is 0. The Morgan fingerprint density at radius 2 is 1.91 bits per heavy atom. The second-order valence-corrected chi connectivity index (χ2v) is 9.74. The first-order valence-corrected chi connectivity index (χ1v) is 9.51. The molecule has 2 aliphatic rings. The average Bonchev–Trinajstić information content (AvgIpc) is 2.98. The van der Waals surface area contributed by atoms with Crippen molar-refractivity contribution in [2.45, 2.75) is 57.5 Å². The van der Waals surface area contributed by atoms with Crippen LogP contribution in [-0.4, -0.2) is 53.7 Å². The van der Waals surface area contributed by atoms with E-state index in [-0.39, 0.29) is 18.7 Å². The molecule has 1 aromatic heterocycles. The Balaban J connectivity index is 1.73. The summed E-state index contributed by atoms with van der Waals surface area (Å²) in [5.41, 5.74) is -1.97. The zero-order valence-electron chi connectivity index (χ0n) is 13.9. The van der Waals surface area contributed by atoms with Crippen molar-refractivity contribution in [2.75, 3.05) is 11.5 Å². The summed E-state index contributed by atoms with van der Waals surface area (Å²) in [7, 11) is -3.84. The molecule has 1 atom stereocenters. The summed E-state index contributed by atoms with van der Waals surface area (Å²) < 4.78 is 50.9. The van der Waals surface area contributed by atoms with E-state index in [4.69, 9.17) is 9.31 Å². The van der Waals surface area contributed by atoms with E-state index < -0.39 is 39.6 Å². The Hall–Kier alpha value is -0.925. The molecule has 2 saturated heterocycles. The van der Waals surface area contributed by atoms with E-state index in [0.717, 1.165) is 0 Å². The lowest BCUT2D eigenvalue weighted by Crippen LogP contribution is -2.41. The Labute approximate surface area is 136 Å². The molecule has 0 radical (unpaired) electrons. The molecular weight excluding hydrogens is 322 g/mol. The Bertz CT molecular complexity index is 702. The number of halogens is 1. The molecule has 1 unspecified atom stereocenters. The van der Waals surface area contributed by atoms with Crippen molar-refractivity contribution in [1.82, 2.24) is 9.78 Å². The SMILES string of the molecule is CC1(C)OB(c2cnn(CC3(F)CCS(=O)(=O)C3)c2)OC1(C)C. The third-order valence-electron chi connectivity index (χ3n) is 4.96. The van der Waals surface area contributed by atoms with Crippen LogP contribution in [0.3, 0.4) is 0 Å². The van der Waals surface area contributed by atoms with Gasteiger partial charge in [0.25, 0.3) is 0 Å². The zero-order valence-corrected chi connectivity index (χ0v) is 14.7. The monoisotopic (exact) mass is 344 g/mol. The van der Waals surface area contributed by atoms with Gasteiger partial charge in [0.1, 0.15) is 5.67 Å². The van der Waals surface area contributed by atoms with Gasteiger partial charge in [0.05, 0.1) is 29.3 Å². The van der Waals surface area contributed by atoms with Gasteiger partial charge in [-0.2, -0.15) is 5.10 Å². The van der Waals surface area contributed by atoms with Gasteiger partial charge in [0.15, 0.2) is 9.84 Å². The molecule has 0 N–H and O–H groups in total. The number of alkyl halides is 1. The van der Waals surface area contributed by atoms with Gasteiger partial charge >= 0.3 is 7.12 Å². The van der Waals surface area contributed by atoms with Gasteiger partial charge in [-0.05, 0) is 34.1 Å². The van der Waals surface area contributed by atoms with Crippen LogP contribution in [0.1, 0.15) is 34.1 Å². The molecule has 3 rings (SSSR count). The first-order chi connectivity index (χ1) is 10.4. The third kappa shape index (κ3) is 3.18. The Morgan fingerprint density at radius 1 is 1.30 bits per heavy atom. The molecule has 2 aliphatic heterocycles. The summed E-state index contributed by atoms with van der Waals surface area (Å²) in [5, 5.41) is 4.13. The van der Waals surface area contributed by atoms with Gasteiger partial charge in [-0.3, -0.25) is 4.68 Å². The molecule has 0 aromatic carbocycles. The minimum absolute atomic E-state index is 0.0149. The predicted octanol–water partition coefficient (Wildman–Crippen LogP) is 0.709. The van der Waals surface area contributed by atoms with Crippen LogP contribution in [0, 0.1) is 0 Å². The second-order valence-electron chi connectivity index (χ2n) is 7.55. The maximum absolute atomic E-state index is 14.6. The van der Waals surface area contributed by atoms with Crippen molar-refractivity contribution >= 4 is 22.4 Å². The molecule has 23 heavy (non-hydrogen) atoms. The highest BCUT2D eigenvalue weighted by atomic mass is 32.2. The first kappa shape index (κ1) is 16.9. The summed E-state index contributed by atoms with van der Waals surface area (Å²) in [6, 6.07) is 0. The van der Waals surface area contributed by atoms with Gasteiger partial charge in [0.2, 0.25) is 0 Å². The molecule has 1 aromatic rings. The molecule has 0 amide bonds. The number of rotatable bonds is 3. The van der Waals surface area contributed by atoms with Gasteiger partial charge < -0.3 is 9.31 Å². The minimum atomic E-state index is -3.28. The smallest absolute Gasteiger partial charge is 0.399 e. The number of sulfone groups is 1. The van der Waals surface area contributed by atoms with Gasteiger partial charge in [-0.25, -0.2) is 12.8 Å². The van der Waals surface area contributed by atoms with E-state index in [1.165, 1.54) is 4.68 Å². The van der Waals surface area contributed by atoms with Crippen LogP contribution < -0.4 is 5.46 Å². The van der Waals surface area contributed by atoms with Gasteiger partial charge in [0, 0.05) is 17.9 Å². The molecule has 2 fully saturated rings. The number of hydrogen-bond acceptors (Lipinski definition) is 5. The predicted molar refractivity (Wildman–Crippen MR) is 85.1 cm³/mol. The van der Waals surface area contributed by atoms with Crippen LogP contribution in [0.5, 0.6) is 0 Å². The van der Waals surface area contributed by atoms with Crippen molar-refractivity contribution in [3.05, 3.63) is 12.4 Å². The van der Waals surface area contributed by atoms with Crippen LogP contribution in [0.4, 0.5) is 4.39 Å². The number of aromatic nitrogens is 2. The first-order valence-electron chi connectivity index (χ1n) is 7.69. The standard InChI is InChI=1S/C14H22BFN2O4S/c1-12(2)13(3,4)22-15(21-12)11-7-17-18(8-11)9-14(16)5-6-23(19,20)10-14/h7-8H,5-6,9-10H2,1-4H3. The van der Waals surface area contributed by atoms with Crippen LogP contribution in [0.2, 0.25) is 0 Å². The van der Waals surface area contributed by atoms with Crippen molar-refractivity contribution in [3.63, 3.8) is 0 Å². The second kappa shape index (κ2) is 5.03. The molecule has 3 heterocycles. The van der Waals surface area contributed by atoms with E-state index in [1.54, 1.807) is 12.4 Å². The van der Waals surface area contributed by atoms with Crippen molar-refractivity contribution in [1.29, 1.82) is 0 Å². The zero-order chi connectivity index (χ0) is 17.1. The summed E-state index contributed by atoms with van der Waals surface area (Å²) in [6.07, 6.45) is 3.25. The largest absolute Gasteiger partial charge is 0.498 e. The van der Waals surface area contributed by atoms with Crippen LogP contribution in [-0.2, 0) is 25.7 Å². The maximum atomic E-state index is 14.6. The molecule has 6 nitrogen and oxygen atoms in total. The van der Waals surface area contributed by atoms with E-state index in [9.17, 15) is 12.8 Å². The summed E-state index contributed by atoms with van der Waals surface area (Å²) in [6.45, 7) is 7.75. The average molecular weight is 344 g/mol. The van der Waals surface area contributed by atoms with Crippen LogP contribution in [0.15, 0.2) is 12.4 Å². The van der Waals surface area contributed by atoms with Crippen LogP contribution in [0.25, 0.3) is 0 Å². The van der Waals surface area contributed by atoms with E-state index >= 15 is 0 Å². The van der Waals surface area contributed by atoms with Gasteiger partial charge in [-0.15, -0.1) is 0 Å². The summed E-state index contributed by atoms with van der Waals surface area (Å²) in [4.78, 5) is 0. The molecule has 0 aliphatic carbocycles. The minimum Gasteiger partial charge on any atom is -0.399 e. The molecule has 128 valence electrons. The third-order valence-corrected chi connectivity index (χ3v) is 6.75.